The lowest BCUT2D eigenvalue weighted by atomic mass is 9.74. The van der Waals surface area contributed by atoms with Crippen molar-refractivity contribution in [2.24, 2.45) is 0 Å². The van der Waals surface area contributed by atoms with E-state index in [4.69, 9.17) is 23.2 Å². The molecule has 1 aliphatic heterocycles. The Labute approximate surface area is 218 Å². The van der Waals surface area contributed by atoms with E-state index < -0.39 is 0 Å². The predicted molar refractivity (Wildman–Crippen MR) is 144 cm³/mol. The number of hydrogen-bond donors (Lipinski definition) is 1. The number of nitrogens with one attached hydrogen (secondary N) is 1. The van der Waals surface area contributed by atoms with Crippen LogP contribution in [0, 0.1) is 0 Å². The Bertz CT molecular complexity index is 1110. The zero-order valence-corrected chi connectivity index (χ0v) is 21.5. The summed E-state index contributed by atoms with van der Waals surface area (Å²) in [7, 11) is 0. The maximum Gasteiger partial charge on any atom is 0.232 e. The molecule has 5 rings (SSSR count). The van der Waals surface area contributed by atoms with E-state index in [1.165, 1.54) is 25.7 Å². The molecular formula is C30H32Cl2N2O. The Morgan fingerprint density at radius 1 is 0.857 bits per heavy atom. The molecule has 5 heteroatoms. The SMILES string of the molecule is O=C(NCCCN1CCC2(CCc3ccccc32)CC1)C(c1ccc(Cl)cc1)c1ccc(Cl)cc1. The van der Waals surface area contributed by atoms with Gasteiger partial charge in [-0.1, -0.05) is 71.7 Å². The van der Waals surface area contributed by atoms with Gasteiger partial charge in [-0.2, -0.15) is 0 Å². The first-order chi connectivity index (χ1) is 17.0. The third kappa shape index (κ3) is 5.43. The van der Waals surface area contributed by atoms with Gasteiger partial charge < -0.3 is 10.2 Å². The van der Waals surface area contributed by atoms with Gasteiger partial charge in [-0.05, 0) is 104 Å². The maximum atomic E-state index is 13.3. The number of carbonyl (C=O) groups is 1. The van der Waals surface area contributed by atoms with Crippen LogP contribution in [0.2, 0.25) is 10.0 Å². The van der Waals surface area contributed by atoms with Crippen LogP contribution in [0.5, 0.6) is 0 Å². The van der Waals surface area contributed by atoms with E-state index >= 15 is 0 Å². The van der Waals surface area contributed by atoms with Gasteiger partial charge in [0.15, 0.2) is 0 Å². The highest BCUT2D eigenvalue weighted by Crippen LogP contribution is 2.46. The Balaban J connectivity index is 1.14. The highest BCUT2D eigenvalue weighted by atomic mass is 35.5. The third-order valence-corrected chi connectivity index (χ3v) is 8.40. The Morgan fingerprint density at radius 2 is 1.46 bits per heavy atom. The van der Waals surface area contributed by atoms with Crippen LogP contribution in [0.3, 0.4) is 0 Å². The van der Waals surface area contributed by atoms with Crippen LogP contribution < -0.4 is 5.32 Å². The fourth-order valence-electron chi connectivity index (χ4n) is 5.91. The number of halogens is 2. The lowest BCUT2D eigenvalue weighted by molar-refractivity contribution is -0.121. The summed E-state index contributed by atoms with van der Waals surface area (Å²) in [5.74, 6) is -0.378. The van der Waals surface area contributed by atoms with Gasteiger partial charge in [0.2, 0.25) is 5.91 Å². The van der Waals surface area contributed by atoms with E-state index in [0.29, 0.717) is 22.0 Å². The number of likely N-dealkylation sites (tertiary alicyclic amines) is 1. The summed E-state index contributed by atoms with van der Waals surface area (Å²) in [5, 5.41) is 4.50. The number of aryl methyl sites for hydroxylation is 1. The van der Waals surface area contributed by atoms with Crippen LogP contribution in [0.4, 0.5) is 0 Å². The lowest BCUT2D eigenvalue weighted by Gasteiger charge is -2.40. The van der Waals surface area contributed by atoms with Crippen LogP contribution in [-0.4, -0.2) is 37.0 Å². The molecule has 0 aromatic heterocycles. The smallest absolute Gasteiger partial charge is 0.232 e. The molecule has 1 heterocycles. The summed E-state index contributed by atoms with van der Waals surface area (Å²) in [6.45, 7) is 3.96. The van der Waals surface area contributed by atoms with Crippen molar-refractivity contribution in [3.05, 3.63) is 105 Å². The second kappa shape index (κ2) is 10.7. The predicted octanol–water partition coefficient (Wildman–Crippen LogP) is 6.61. The minimum atomic E-state index is -0.387. The molecule has 0 atom stereocenters. The van der Waals surface area contributed by atoms with Gasteiger partial charge in [0.1, 0.15) is 0 Å². The maximum absolute atomic E-state index is 13.3. The second-order valence-electron chi connectivity index (χ2n) is 9.96. The fourth-order valence-corrected chi connectivity index (χ4v) is 6.16. The van der Waals surface area contributed by atoms with Crippen LogP contribution in [0.25, 0.3) is 0 Å². The average Bonchev–Trinajstić information content (AvgIpc) is 3.24. The number of carbonyl (C=O) groups excluding carboxylic acids is 1. The topological polar surface area (TPSA) is 32.3 Å². The monoisotopic (exact) mass is 506 g/mol. The van der Waals surface area contributed by atoms with Gasteiger partial charge in [0.25, 0.3) is 0 Å². The Hall–Kier alpha value is -2.33. The number of fused-ring (bicyclic) bond motifs is 2. The van der Waals surface area contributed by atoms with E-state index in [1.54, 1.807) is 11.1 Å². The quantitative estimate of drug-likeness (QED) is 0.365. The van der Waals surface area contributed by atoms with Gasteiger partial charge in [-0.3, -0.25) is 4.79 Å². The number of rotatable bonds is 7. The first kappa shape index (κ1) is 24.4. The van der Waals surface area contributed by atoms with Gasteiger partial charge in [0, 0.05) is 16.6 Å². The Kier molecular flexibility index (Phi) is 7.48. The molecule has 3 aromatic rings. The van der Waals surface area contributed by atoms with Crippen molar-refractivity contribution in [2.45, 2.75) is 43.4 Å². The minimum Gasteiger partial charge on any atom is -0.355 e. The molecule has 35 heavy (non-hydrogen) atoms. The molecule has 3 aromatic carbocycles. The molecule has 3 nitrogen and oxygen atoms in total. The molecule has 1 fully saturated rings. The molecule has 0 bridgehead atoms. The van der Waals surface area contributed by atoms with Crippen molar-refractivity contribution >= 4 is 29.1 Å². The number of hydrogen-bond acceptors (Lipinski definition) is 2. The van der Waals surface area contributed by atoms with E-state index in [0.717, 1.165) is 37.2 Å². The molecule has 0 saturated carbocycles. The summed E-state index contributed by atoms with van der Waals surface area (Å²) in [6, 6.07) is 24.0. The number of nitrogens with zero attached hydrogens (tertiary/aromatic N) is 1. The van der Waals surface area contributed by atoms with Crippen LogP contribution in [0.15, 0.2) is 72.8 Å². The first-order valence-electron chi connectivity index (χ1n) is 12.6. The second-order valence-corrected chi connectivity index (χ2v) is 10.8. The van der Waals surface area contributed by atoms with Crippen molar-refractivity contribution in [1.29, 1.82) is 0 Å². The molecule has 182 valence electrons. The van der Waals surface area contributed by atoms with E-state index in [1.807, 2.05) is 48.5 Å². The lowest BCUT2D eigenvalue weighted by Crippen LogP contribution is -2.42. The molecule has 1 saturated heterocycles. The molecule has 1 N–H and O–H groups in total. The van der Waals surface area contributed by atoms with Crippen molar-refractivity contribution in [3.8, 4) is 0 Å². The first-order valence-corrected chi connectivity index (χ1v) is 13.4. The van der Waals surface area contributed by atoms with Gasteiger partial charge >= 0.3 is 0 Å². The summed E-state index contributed by atoms with van der Waals surface area (Å²) in [6.07, 6.45) is 5.96. The summed E-state index contributed by atoms with van der Waals surface area (Å²) >= 11 is 12.2. The summed E-state index contributed by atoms with van der Waals surface area (Å²) < 4.78 is 0. The van der Waals surface area contributed by atoms with Crippen molar-refractivity contribution in [3.63, 3.8) is 0 Å². The van der Waals surface area contributed by atoms with E-state index in [9.17, 15) is 4.79 Å². The molecule has 1 aliphatic carbocycles. The van der Waals surface area contributed by atoms with Crippen LogP contribution in [0.1, 0.15) is 53.9 Å². The zero-order chi connectivity index (χ0) is 24.3. The normalized spacial score (nSPS) is 17.0. The highest BCUT2D eigenvalue weighted by molar-refractivity contribution is 6.30. The summed E-state index contributed by atoms with van der Waals surface area (Å²) in [4.78, 5) is 15.8. The van der Waals surface area contributed by atoms with E-state index in [-0.39, 0.29) is 11.8 Å². The van der Waals surface area contributed by atoms with Crippen molar-refractivity contribution in [2.75, 3.05) is 26.2 Å². The van der Waals surface area contributed by atoms with Crippen molar-refractivity contribution in [1.82, 2.24) is 10.2 Å². The zero-order valence-electron chi connectivity index (χ0n) is 20.0. The fraction of sp³-hybridized carbons (Fsp3) is 0.367. The molecule has 0 radical (unpaired) electrons. The highest BCUT2D eigenvalue weighted by Gasteiger charge is 2.40. The number of benzene rings is 3. The van der Waals surface area contributed by atoms with Gasteiger partial charge in [-0.25, -0.2) is 0 Å². The van der Waals surface area contributed by atoms with Crippen molar-refractivity contribution < 1.29 is 4.79 Å². The van der Waals surface area contributed by atoms with Crippen LogP contribution in [-0.2, 0) is 16.6 Å². The molecule has 2 aliphatic rings. The van der Waals surface area contributed by atoms with E-state index in [2.05, 4.69) is 34.5 Å². The summed E-state index contributed by atoms with van der Waals surface area (Å²) in [5.41, 5.74) is 5.40. The molecule has 1 amide bonds. The minimum absolute atomic E-state index is 0.00908. The number of piperidine rings is 1. The van der Waals surface area contributed by atoms with Gasteiger partial charge in [-0.15, -0.1) is 0 Å². The standard InChI is InChI=1S/C30H32Cl2N2O/c31-25-10-6-23(7-11-25)28(24-8-12-26(32)13-9-24)29(35)33-18-3-19-34-20-16-30(17-21-34)15-14-22-4-1-2-5-27(22)30/h1-2,4-13,28H,3,14-21H2,(H,33,35). The third-order valence-electron chi connectivity index (χ3n) is 7.89. The average molecular weight is 508 g/mol. The number of amides is 1. The molecular weight excluding hydrogens is 475 g/mol. The molecule has 0 unspecified atom stereocenters. The largest absolute Gasteiger partial charge is 0.355 e. The molecule has 1 spiro atoms. The Morgan fingerprint density at radius 3 is 2.09 bits per heavy atom. The van der Waals surface area contributed by atoms with Gasteiger partial charge in [0.05, 0.1) is 5.92 Å². The van der Waals surface area contributed by atoms with Crippen LogP contribution >= 0.6 is 23.2 Å².